The smallest absolute Gasteiger partial charge is 0.0137 e. The second-order valence-electron chi connectivity index (χ2n) is 10.7. The molecule has 5 unspecified atom stereocenters. The van der Waals surface area contributed by atoms with Crippen LogP contribution in [0.1, 0.15) is 72.1 Å². The second kappa shape index (κ2) is 2.79. The van der Waals surface area contributed by atoms with Gasteiger partial charge in [-0.3, -0.25) is 0 Å². The zero-order chi connectivity index (χ0) is 13.5. The van der Waals surface area contributed by atoms with Crippen molar-refractivity contribution >= 4 is 0 Å². The molecule has 6 fully saturated rings. The highest BCUT2D eigenvalue weighted by atomic mass is 15.0. The van der Waals surface area contributed by atoms with E-state index in [0.717, 1.165) is 28.1 Å². The van der Waals surface area contributed by atoms with Crippen LogP contribution in [-0.2, 0) is 0 Å². The highest BCUT2D eigenvalue weighted by Gasteiger charge is 2.93. The molecule has 4 bridgehead atoms. The monoisotopic (exact) mass is 270 g/mol. The Labute approximate surface area is 124 Å². The van der Waals surface area contributed by atoms with Crippen molar-refractivity contribution in [3.8, 4) is 0 Å². The van der Waals surface area contributed by atoms with Gasteiger partial charge in [0.15, 0.2) is 0 Å². The first-order chi connectivity index (χ1) is 9.47. The van der Waals surface area contributed by atoms with Crippen molar-refractivity contribution in [2.45, 2.75) is 72.1 Å². The van der Waals surface area contributed by atoms with Crippen LogP contribution in [0.3, 0.4) is 0 Å². The molecular formula is C20H30. The van der Waals surface area contributed by atoms with E-state index in [-0.39, 0.29) is 0 Å². The normalized spacial score (nSPS) is 68.2. The quantitative estimate of drug-likeness (QED) is 0.608. The van der Waals surface area contributed by atoms with Crippen LogP contribution in [0.4, 0.5) is 0 Å². The van der Waals surface area contributed by atoms with Crippen molar-refractivity contribution in [3.63, 3.8) is 0 Å². The van der Waals surface area contributed by atoms with Gasteiger partial charge in [0, 0.05) is 0 Å². The fourth-order valence-electron chi connectivity index (χ4n) is 9.88. The van der Waals surface area contributed by atoms with Crippen LogP contribution in [0, 0.1) is 51.2 Å². The van der Waals surface area contributed by atoms with E-state index in [1.54, 1.807) is 51.4 Å². The Morgan fingerprint density at radius 1 is 0.850 bits per heavy atom. The Bertz CT molecular complexity index is 513. The summed E-state index contributed by atoms with van der Waals surface area (Å²) in [5.74, 6) is 5.80. The van der Waals surface area contributed by atoms with Gasteiger partial charge in [0.1, 0.15) is 0 Å². The number of hydrogen-bond acceptors (Lipinski definition) is 0. The molecule has 0 aromatic heterocycles. The van der Waals surface area contributed by atoms with Gasteiger partial charge in [-0.2, -0.15) is 0 Å². The molecule has 6 aliphatic carbocycles. The molecule has 0 aromatic rings. The Morgan fingerprint density at radius 2 is 1.60 bits per heavy atom. The lowest BCUT2D eigenvalue weighted by Gasteiger charge is -2.45. The number of fused-ring (bicyclic) bond motifs is 11. The molecular weight excluding hydrogens is 240 g/mol. The van der Waals surface area contributed by atoms with Crippen LogP contribution in [0.15, 0.2) is 0 Å². The fraction of sp³-hybridized carbons (Fsp3) is 1.00. The Hall–Kier alpha value is 0. The average Bonchev–Trinajstić information content (AvgIpc) is 3.10. The Balaban J connectivity index is 1.53. The third kappa shape index (κ3) is 0.813. The van der Waals surface area contributed by atoms with Gasteiger partial charge in [0.25, 0.3) is 0 Å². The van der Waals surface area contributed by atoms with E-state index in [1.807, 2.05) is 0 Å². The fourth-order valence-corrected chi connectivity index (χ4v) is 9.88. The average molecular weight is 270 g/mol. The van der Waals surface area contributed by atoms with E-state index >= 15 is 0 Å². The topological polar surface area (TPSA) is 0 Å². The first-order valence-electron chi connectivity index (χ1n) is 9.47. The molecule has 0 saturated heterocycles. The lowest BCUT2D eigenvalue weighted by Crippen LogP contribution is -2.40. The van der Waals surface area contributed by atoms with Crippen molar-refractivity contribution in [2.75, 3.05) is 0 Å². The van der Waals surface area contributed by atoms with Gasteiger partial charge < -0.3 is 0 Å². The molecule has 0 amide bonds. The maximum atomic E-state index is 2.59. The molecule has 0 radical (unpaired) electrons. The minimum absolute atomic E-state index is 0.566. The van der Waals surface area contributed by atoms with Crippen LogP contribution in [0.2, 0.25) is 0 Å². The van der Waals surface area contributed by atoms with Gasteiger partial charge in [-0.05, 0) is 103 Å². The number of rotatable bonds is 1. The summed E-state index contributed by atoms with van der Waals surface area (Å²) < 4.78 is 0. The SMILES string of the molecule is CC(C)(C)C12CC1(C13CC1[C@@H]1CC[C@H]3C1)[C@@H]1CCC2C1. The zero-order valence-electron chi connectivity index (χ0n) is 13.5. The first-order valence-corrected chi connectivity index (χ1v) is 9.47. The lowest BCUT2D eigenvalue weighted by molar-refractivity contribution is 0.0173. The summed E-state index contributed by atoms with van der Waals surface area (Å²) in [5.41, 5.74) is 3.09. The summed E-state index contributed by atoms with van der Waals surface area (Å²) in [5, 5.41) is 0. The molecule has 8 atom stereocenters. The molecule has 0 heteroatoms. The van der Waals surface area contributed by atoms with E-state index in [1.165, 1.54) is 17.8 Å². The summed E-state index contributed by atoms with van der Waals surface area (Å²) in [4.78, 5) is 0. The third-order valence-electron chi connectivity index (χ3n) is 10.1. The lowest BCUT2D eigenvalue weighted by atomic mass is 9.58. The summed E-state index contributed by atoms with van der Waals surface area (Å²) in [6.07, 6.45) is 13.0. The van der Waals surface area contributed by atoms with Crippen LogP contribution in [-0.4, -0.2) is 0 Å². The summed E-state index contributed by atoms with van der Waals surface area (Å²) >= 11 is 0. The minimum Gasteiger partial charge on any atom is -0.0596 e. The highest BCUT2D eigenvalue weighted by molar-refractivity contribution is 5.41. The van der Waals surface area contributed by atoms with E-state index in [2.05, 4.69) is 20.8 Å². The Kier molecular flexibility index (Phi) is 1.61. The molecule has 6 saturated carbocycles. The largest absolute Gasteiger partial charge is 0.0596 e. The predicted octanol–water partition coefficient (Wildman–Crippen LogP) is 5.28. The van der Waals surface area contributed by atoms with Gasteiger partial charge in [0.2, 0.25) is 0 Å². The van der Waals surface area contributed by atoms with Gasteiger partial charge in [0.05, 0.1) is 0 Å². The second-order valence-corrected chi connectivity index (χ2v) is 10.7. The zero-order valence-corrected chi connectivity index (χ0v) is 13.5. The van der Waals surface area contributed by atoms with Crippen molar-refractivity contribution in [1.29, 1.82) is 0 Å². The molecule has 0 aliphatic heterocycles. The van der Waals surface area contributed by atoms with E-state index in [4.69, 9.17) is 0 Å². The molecule has 6 aliphatic rings. The molecule has 0 nitrogen and oxygen atoms in total. The van der Waals surface area contributed by atoms with E-state index < -0.39 is 0 Å². The van der Waals surface area contributed by atoms with Crippen LogP contribution >= 0.6 is 0 Å². The summed E-state index contributed by atoms with van der Waals surface area (Å²) in [7, 11) is 0. The molecule has 0 N–H and O–H groups in total. The molecule has 0 aromatic carbocycles. The molecule has 110 valence electrons. The summed E-state index contributed by atoms with van der Waals surface area (Å²) in [6.45, 7) is 7.78. The van der Waals surface area contributed by atoms with Gasteiger partial charge in [-0.15, -0.1) is 0 Å². The third-order valence-corrected chi connectivity index (χ3v) is 10.1. The van der Waals surface area contributed by atoms with Crippen molar-refractivity contribution < 1.29 is 0 Å². The van der Waals surface area contributed by atoms with Crippen LogP contribution in [0.25, 0.3) is 0 Å². The first kappa shape index (κ1) is 11.6. The standard InChI is InChI=1S/C20H30/c1-17(2,3)19-11-20(19,15-7-6-14(19)9-15)18-10-16(18)12-4-5-13(18)8-12/h12-16H,4-11H2,1-3H3/t12-,13+,14?,15-,16?,18?,19?,20?/m1/s1. The van der Waals surface area contributed by atoms with E-state index in [0.29, 0.717) is 5.41 Å². The summed E-state index contributed by atoms with van der Waals surface area (Å²) in [6, 6.07) is 0. The molecule has 20 heavy (non-hydrogen) atoms. The van der Waals surface area contributed by atoms with E-state index in [9.17, 15) is 0 Å². The van der Waals surface area contributed by atoms with Gasteiger partial charge in [-0.1, -0.05) is 20.8 Å². The maximum absolute atomic E-state index is 2.59. The molecule has 6 rings (SSSR count). The Morgan fingerprint density at radius 3 is 2.30 bits per heavy atom. The molecule has 0 heterocycles. The predicted molar refractivity (Wildman–Crippen MR) is 81.1 cm³/mol. The van der Waals surface area contributed by atoms with Crippen molar-refractivity contribution in [1.82, 2.24) is 0 Å². The maximum Gasteiger partial charge on any atom is -0.0137 e. The van der Waals surface area contributed by atoms with Gasteiger partial charge in [-0.25, -0.2) is 0 Å². The number of hydrogen-bond donors (Lipinski definition) is 0. The van der Waals surface area contributed by atoms with Crippen LogP contribution < -0.4 is 0 Å². The van der Waals surface area contributed by atoms with Crippen LogP contribution in [0.5, 0.6) is 0 Å². The van der Waals surface area contributed by atoms with Gasteiger partial charge >= 0.3 is 0 Å². The highest BCUT2D eigenvalue weighted by Crippen LogP contribution is 2.99. The van der Waals surface area contributed by atoms with Crippen molar-refractivity contribution in [3.05, 3.63) is 0 Å². The minimum atomic E-state index is 0.566. The van der Waals surface area contributed by atoms with Crippen molar-refractivity contribution in [2.24, 2.45) is 51.2 Å². The molecule has 0 spiro atoms.